The number of halogens is 1. The van der Waals surface area contributed by atoms with Crippen LogP contribution in [0.4, 0.5) is 4.39 Å². The summed E-state index contributed by atoms with van der Waals surface area (Å²) in [7, 11) is 0. The second kappa shape index (κ2) is 9.86. The minimum absolute atomic E-state index is 0.156. The zero-order chi connectivity index (χ0) is 23.2. The van der Waals surface area contributed by atoms with Crippen LogP contribution >= 0.6 is 0 Å². The van der Waals surface area contributed by atoms with Gasteiger partial charge in [-0.3, -0.25) is 19.0 Å². The van der Waals surface area contributed by atoms with Gasteiger partial charge in [0.2, 0.25) is 5.91 Å². The molecule has 0 unspecified atom stereocenters. The Kier molecular flexibility index (Phi) is 6.53. The van der Waals surface area contributed by atoms with Crippen LogP contribution < -0.4 is 16.2 Å². The molecule has 9 nitrogen and oxygen atoms in total. The van der Waals surface area contributed by atoms with Crippen molar-refractivity contribution in [3.8, 4) is 0 Å². The van der Waals surface area contributed by atoms with Crippen molar-refractivity contribution < 1.29 is 14.0 Å². The highest BCUT2D eigenvalue weighted by Gasteiger charge is 2.12. The van der Waals surface area contributed by atoms with Gasteiger partial charge in [-0.25, -0.2) is 14.1 Å². The minimum Gasteiger partial charge on any atom is -0.353 e. The molecule has 2 aromatic heterocycles. The van der Waals surface area contributed by atoms with Gasteiger partial charge in [-0.15, -0.1) is 0 Å². The van der Waals surface area contributed by atoms with Crippen molar-refractivity contribution in [3.05, 3.63) is 94.4 Å². The van der Waals surface area contributed by atoms with Crippen molar-refractivity contribution in [2.24, 2.45) is 0 Å². The van der Waals surface area contributed by atoms with Gasteiger partial charge in [-0.05, 0) is 29.8 Å². The Labute approximate surface area is 187 Å². The van der Waals surface area contributed by atoms with Crippen molar-refractivity contribution in [3.63, 3.8) is 0 Å². The fourth-order valence-corrected chi connectivity index (χ4v) is 3.32. The van der Waals surface area contributed by atoms with Gasteiger partial charge < -0.3 is 10.6 Å². The fourth-order valence-electron chi connectivity index (χ4n) is 3.32. The van der Waals surface area contributed by atoms with Crippen molar-refractivity contribution in [2.75, 3.05) is 13.1 Å². The smallest absolute Gasteiger partial charge is 0.264 e. The lowest BCUT2D eigenvalue weighted by Crippen LogP contribution is -2.38. The molecule has 0 atom stereocenters. The topological polar surface area (TPSA) is 111 Å². The molecule has 0 aliphatic heterocycles. The van der Waals surface area contributed by atoms with Gasteiger partial charge in [-0.1, -0.05) is 30.3 Å². The molecule has 0 spiro atoms. The van der Waals surface area contributed by atoms with E-state index in [1.54, 1.807) is 42.5 Å². The molecule has 2 amide bonds. The SMILES string of the molecule is O=C(CNC(=O)c1ccccc1)NCCn1ncc2c(=O)n(Cc3cccc(F)c3)cnc21. The molecule has 2 heterocycles. The number of hydrogen-bond donors (Lipinski definition) is 2. The lowest BCUT2D eigenvalue weighted by atomic mass is 10.2. The second-order valence-electron chi connectivity index (χ2n) is 7.31. The molecule has 0 radical (unpaired) electrons. The molecule has 0 aliphatic carbocycles. The highest BCUT2D eigenvalue weighted by atomic mass is 19.1. The number of benzene rings is 2. The molecule has 0 fully saturated rings. The van der Waals surface area contributed by atoms with Crippen LogP contribution in [0.3, 0.4) is 0 Å². The lowest BCUT2D eigenvalue weighted by Gasteiger charge is -2.08. The average molecular weight is 448 g/mol. The monoisotopic (exact) mass is 448 g/mol. The van der Waals surface area contributed by atoms with Crippen molar-refractivity contribution in [2.45, 2.75) is 13.1 Å². The number of aromatic nitrogens is 4. The van der Waals surface area contributed by atoms with Gasteiger partial charge in [0.1, 0.15) is 17.5 Å². The molecule has 0 saturated carbocycles. The molecule has 168 valence electrons. The Morgan fingerprint density at radius 3 is 2.64 bits per heavy atom. The maximum absolute atomic E-state index is 13.4. The van der Waals surface area contributed by atoms with E-state index in [9.17, 15) is 18.8 Å². The fraction of sp³-hybridized carbons (Fsp3) is 0.174. The Hall–Kier alpha value is -4.34. The zero-order valence-electron chi connectivity index (χ0n) is 17.6. The van der Waals surface area contributed by atoms with Gasteiger partial charge in [0.15, 0.2) is 5.65 Å². The lowest BCUT2D eigenvalue weighted by molar-refractivity contribution is -0.120. The zero-order valence-corrected chi connectivity index (χ0v) is 17.6. The van der Waals surface area contributed by atoms with Gasteiger partial charge in [0.25, 0.3) is 11.5 Å². The maximum atomic E-state index is 13.4. The largest absolute Gasteiger partial charge is 0.353 e. The number of rotatable bonds is 8. The molecule has 2 aromatic carbocycles. The van der Waals surface area contributed by atoms with Crippen LogP contribution in [0.25, 0.3) is 11.0 Å². The van der Waals surface area contributed by atoms with Gasteiger partial charge >= 0.3 is 0 Å². The summed E-state index contributed by atoms with van der Waals surface area (Å²) in [5.41, 5.74) is 1.22. The molecular formula is C23H21FN6O3. The summed E-state index contributed by atoms with van der Waals surface area (Å²) < 4.78 is 16.3. The summed E-state index contributed by atoms with van der Waals surface area (Å²) >= 11 is 0. The number of fused-ring (bicyclic) bond motifs is 1. The van der Waals surface area contributed by atoms with E-state index in [4.69, 9.17) is 0 Å². The third kappa shape index (κ3) is 5.29. The first kappa shape index (κ1) is 21.9. The molecule has 0 bridgehead atoms. The maximum Gasteiger partial charge on any atom is 0.264 e. The van der Waals surface area contributed by atoms with Crippen molar-refractivity contribution >= 4 is 22.8 Å². The Morgan fingerprint density at radius 2 is 1.85 bits per heavy atom. The molecule has 0 aliphatic rings. The molecule has 4 rings (SSSR count). The van der Waals surface area contributed by atoms with Gasteiger partial charge in [0, 0.05) is 12.1 Å². The number of nitrogens with one attached hydrogen (secondary N) is 2. The summed E-state index contributed by atoms with van der Waals surface area (Å²) in [5, 5.41) is 9.77. The van der Waals surface area contributed by atoms with E-state index in [1.807, 2.05) is 0 Å². The number of hydrogen-bond acceptors (Lipinski definition) is 5. The van der Waals surface area contributed by atoms with Crippen LogP contribution in [0.1, 0.15) is 15.9 Å². The van der Waals surface area contributed by atoms with E-state index in [-0.39, 0.29) is 42.8 Å². The van der Waals surface area contributed by atoms with Gasteiger partial charge in [-0.2, -0.15) is 5.10 Å². The van der Waals surface area contributed by atoms with Crippen molar-refractivity contribution in [1.82, 2.24) is 30.0 Å². The summed E-state index contributed by atoms with van der Waals surface area (Å²) in [4.78, 5) is 41.1. The van der Waals surface area contributed by atoms with Crippen LogP contribution in [0, 0.1) is 5.82 Å². The van der Waals surface area contributed by atoms with E-state index in [0.717, 1.165) is 0 Å². The molecule has 10 heteroatoms. The first-order valence-corrected chi connectivity index (χ1v) is 10.3. The van der Waals surface area contributed by atoms with E-state index < -0.39 is 0 Å². The highest BCUT2D eigenvalue weighted by molar-refractivity contribution is 5.96. The molecular weight excluding hydrogens is 427 g/mol. The van der Waals surface area contributed by atoms with Crippen LogP contribution in [-0.4, -0.2) is 44.2 Å². The van der Waals surface area contributed by atoms with Crippen molar-refractivity contribution in [1.29, 1.82) is 0 Å². The van der Waals surface area contributed by atoms with E-state index in [2.05, 4.69) is 20.7 Å². The standard InChI is InChI=1S/C23H21FN6O3/c24-18-8-4-5-16(11-18)14-29-15-27-21-19(23(29)33)12-28-30(21)10-9-25-20(31)13-26-22(32)17-6-2-1-3-7-17/h1-8,11-12,15H,9-10,13-14H2,(H,25,31)(H,26,32). The number of nitrogens with zero attached hydrogens (tertiary/aromatic N) is 4. The van der Waals surface area contributed by atoms with Gasteiger partial charge in [0.05, 0.1) is 25.8 Å². The first-order valence-electron chi connectivity index (χ1n) is 10.3. The van der Waals surface area contributed by atoms with Crippen LogP contribution in [0.15, 0.2) is 71.9 Å². The van der Waals surface area contributed by atoms with E-state index in [0.29, 0.717) is 28.7 Å². The minimum atomic E-state index is -0.371. The average Bonchev–Trinajstić information content (AvgIpc) is 3.23. The molecule has 2 N–H and O–H groups in total. The van der Waals surface area contributed by atoms with E-state index >= 15 is 0 Å². The molecule has 4 aromatic rings. The highest BCUT2D eigenvalue weighted by Crippen LogP contribution is 2.08. The summed E-state index contributed by atoms with van der Waals surface area (Å²) in [6, 6.07) is 14.6. The quantitative estimate of drug-likeness (QED) is 0.423. The summed E-state index contributed by atoms with van der Waals surface area (Å²) in [6.07, 6.45) is 2.82. The Balaban J connectivity index is 1.33. The predicted molar refractivity (Wildman–Crippen MR) is 119 cm³/mol. The summed E-state index contributed by atoms with van der Waals surface area (Å²) in [5.74, 6) is -1.05. The number of carbonyl (C=O) groups is 2. The van der Waals surface area contributed by atoms with Crippen LogP contribution in [-0.2, 0) is 17.9 Å². The predicted octanol–water partition coefficient (Wildman–Crippen LogP) is 1.33. The normalized spacial score (nSPS) is 10.8. The third-order valence-corrected chi connectivity index (χ3v) is 4.96. The first-order chi connectivity index (χ1) is 16.0. The number of amides is 2. The van der Waals surface area contributed by atoms with E-state index in [1.165, 1.54) is 33.9 Å². The molecule has 33 heavy (non-hydrogen) atoms. The molecule has 0 saturated heterocycles. The Morgan fingerprint density at radius 1 is 1.03 bits per heavy atom. The summed E-state index contributed by atoms with van der Waals surface area (Å²) in [6.45, 7) is 0.569. The second-order valence-corrected chi connectivity index (χ2v) is 7.31. The Bertz CT molecular complexity index is 1350. The third-order valence-electron chi connectivity index (χ3n) is 4.96. The number of carbonyl (C=O) groups excluding carboxylic acids is 2. The van der Waals surface area contributed by atoms with Crippen LogP contribution in [0.5, 0.6) is 0 Å². The van der Waals surface area contributed by atoms with Crippen LogP contribution in [0.2, 0.25) is 0 Å².